The molecule has 0 fully saturated rings. The highest BCUT2D eigenvalue weighted by molar-refractivity contribution is 6.37. The Morgan fingerprint density at radius 2 is 1.76 bits per heavy atom. The summed E-state index contributed by atoms with van der Waals surface area (Å²) < 4.78 is 9.51. The molecule has 6 heteroatoms. The molecule has 0 aliphatic heterocycles. The molecule has 0 atom stereocenters. The third-order valence-corrected chi connectivity index (χ3v) is 2.53. The van der Waals surface area contributed by atoms with Crippen molar-refractivity contribution in [1.29, 1.82) is 0 Å². The predicted molar refractivity (Wildman–Crippen MR) is 64.0 cm³/mol. The van der Waals surface area contributed by atoms with Crippen LogP contribution in [0.5, 0.6) is 5.75 Å². The highest BCUT2D eigenvalue weighted by atomic mass is 35.5. The van der Waals surface area contributed by atoms with Gasteiger partial charge in [0.2, 0.25) is 0 Å². The quantitative estimate of drug-likeness (QED) is 0.627. The molecule has 0 aliphatic rings. The molecule has 0 aromatic heterocycles. The molecule has 0 radical (unpaired) electrons. The molecule has 1 aromatic carbocycles. The third kappa shape index (κ3) is 3.61. The lowest BCUT2D eigenvalue weighted by Gasteiger charge is -2.09. The van der Waals surface area contributed by atoms with Crippen molar-refractivity contribution in [2.75, 3.05) is 13.7 Å². The minimum Gasteiger partial charge on any atom is -0.479 e. The number of methoxy groups -OCH3 is 1. The molecule has 1 aromatic rings. The molecule has 17 heavy (non-hydrogen) atoms. The van der Waals surface area contributed by atoms with Crippen LogP contribution >= 0.6 is 23.2 Å². The van der Waals surface area contributed by atoms with Crippen molar-refractivity contribution >= 4 is 35.0 Å². The van der Waals surface area contributed by atoms with Gasteiger partial charge >= 0.3 is 5.97 Å². The van der Waals surface area contributed by atoms with Crippen LogP contribution in [0, 0.1) is 0 Å². The molecule has 0 saturated heterocycles. The van der Waals surface area contributed by atoms with Crippen LogP contribution in [0.2, 0.25) is 10.0 Å². The molecule has 0 amide bonds. The van der Waals surface area contributed by atoms with Crippen LogP contribution in [0.1, 0.15) is 17.3 Å². The number of Topliss-reactive ketones (excluding diaryl/α,β-unsaturated/α-hetero) is 1. The number of carbonyl (C=O) groups excluding carboxylic acids is 2. The van der Waals surface area contributed by atoms with Crippen LogP contribution in [0.15, 0.2) is 12.1 Å². The fraction of sp³-hybridized carbons (Fsp3) is 0.273. The minimum absolute atomic E-state index is 0.156. The monoisotopic (exact) mass is 276 g/mol. The average molecular weight is 277 g/mol. The van der Waals surface area contributed by atoms with E-state index in [9.17, 15) is 9.59 Å². The molecular formula is C11H10Cl2O4. The van der Waals surface area contributed by atoms with Gasteiger partial charge in [-0.15, -0.1) is 0 Å². The van der Waals surface area contributed by atoms with E-state index in [0.29, 0.717) is 5.56 Å². The molecule has 0 saturated carbocycles. The van der Waals surface area contributed by atoms with E-state index in [2.05, 4.69) is 4.74 Å². The predicted octanol–water partition coefficient (Wildman–Crippen LogP) is 2.75. The van der Waals surface area contributed by atoms with Crippen LogP contribution in [-0.4, -0.2) is 25.5 Å². The SMILES string of the molecule is COC(=O)COc1c(Cl)cc(C(C)=O)cc1Cl. The number of benzene rings is 1. The van der Waals surface area contributed by atoms with Crippen molar-refractivity contribution in [2.24, 2.45) is 0 Å². The topological polar surface area (TPSA) is 52.6 Å². The van der Waals surface area contributed by atoms with Crippen molar-refractivity contribution in [2.45, 2.75) is 6.92 Å². The maximum absolute atomic E-state index is 11.1. The van der Waals surface area contributed by atoms with E-state index in [4.69, 9.17) is 27.9 Å². The van der Waals surface area contributed by atoms with E-state index in [-0.39, 0.29) is 28.2 Å². The van der Waals surface area contributed by atoms with Crippen molar-refractivity contribution in [3.05, 3.63) is 27.7 Å². The van der Waals surface area contributed by atoms with Crippen LogP contribution in [0.3, 0.4) is 0 Å². The minimum atomic E-state index is -0.548. The Labute approximate surface area is 108 Å². The van der Waals surface area contributed by atoms with E-state index in [1.807, 2.05) is 0 Å². The first-order chi connectivity index (χ1) is 7.95. The van der Waals surface area contributed by atoms with Crippen molar-refractivity contribution in [3.8, 4) is 5.75 Å². The van der Waals surface area contributed by atoms with E-state index in [0.717, 1.165) is 0 Å². The third-order valence-electron chi connectivity index (χ3n) is 1.97. The highest BCUT2D eigenvalue weighted by Gasteiger charge is 2.13. The number of halogens is 2. The summed E-state index contributed by atoms with van der Waals surface area (Å²) in [6.45, 7) is 1.10. The van der Waals surface area contributed by atoms with E-state index >= 15 is 0 Å². The van der Waals surface area contributed by atoms with Gasteiger partial charge in [-0.1, -0.05) is 23.2 Å². The molecular weight excluding hydrogens is 267 g/mol. The fourth-order valence-corrected chi connectivity index (χ4v) is 1.69. The molecule has 92 valence electrons. The lowest BCUT2D eigenvalue weighted by molar-refractivity contribution is -0.142. The smallest absolute Gasteiger partial charge is 0.343 e. The Kier molecular flexibility index (Phi) is 4.78. The van der Waals surface area contributed by atoms with Gasteiger partial charge in [-0.3, -0.25) is 4.79 Å². The molecule has 0 N–H and O–H groups in total. The zero-order valence-corrected chi connectivity index (χ0v) is 10.8. The van der Waals surface area contributed by atoms with Gasteiger partial charge in [-0.05, 0) is 19.1 Å². The molecule has 0 aliphatic carbocycles. The number of esters is 1. The van der Waals surface area contributed by atoms with Gasteiger partial charge in [0.05, 0.1) is 17.2 Å². The average Bonchev–Trinajstić information content (AvgIpc) is 2.27. The Morgan fingerprint density at radius 1 is 1.24 bits per heavy atom. The second-order valence-corrected chi connectivity index (χ2v) is 4.00. The zero-order chi connectivity index (χ0) is 13.0. The Bertz CT molecular complexity index is 434. The highest BCUT2D eigenvalue weighted by Crippen LogP contribution is 2.34. The largest absolute Gasteiger partial charge is 0.479 e. The summed E-state index contributed by atoms with van der Waals surface area (Å²) in [6, 6.07) is 2.87. The van der Waals surface area contributed by atoms with Crippen molar-refractivity contribution in [3.63, 3.8) is 0 Å². The summed E-state index contributed by atoms with van der Waals surface area (Å²) in [5.41, 5.74) is 0.380. The Hall–Kier alpha value is -1.26. The van der Waals surface area contributed by atoms with Gasteiger partial charge in [-0.2, -0.15) is 0 Å². The van der Waals surface area contributed by atoms with Gasteiger partial charge in [0.25, 0.3) is 0 Å². The first kappa shape index (κ1) is 13.8. The Balaban J connectivity index is 2.94. The van der Waals surface area contributed by atoms with Crippen LogP contribution in [0.25, 0.3) is 0 Å². The Morgan fingerprint density at radius 3 is 2.18 bits per heavy atom. The number of ether oxygens (including phenoxy) is 2. The number of hydrogen-bond donors (Lipinski definition) is 0. The van der Waals surface area contributed by atoms with Gasteiger partial charge in [-0.25, -0.2) is 4.79 Å². The van der Waals surface area contributed by atoms with Crippen molar-refractivity contribution < 1.29 is 19.1 Å². The maximum Gasteiger partial charge on any atom is 0.343 e. The summed E-state index contributed by atoms with van der Waals surface area (Å²) in [6.07, 6.45) is 0. The summed E-state index contributed by atoms with van der Waals surface area (Å²) in [5.74, 6) is -0.551. The second kappa shape index (κ2) is 5.89. The molecule has 0 unspecified atom stereocenters. The second-order valence-electron chi connectivity index (χ2n) is 3.19. The van der Waals surface area contributed by atoms with Gasteiger partial charge in [0.15, 0.2) is 18.1 Å². The number of ketones is 1. The zero-order valence-electron chi connectivity index (χ0n) is 9.25. The molecule has 4 nitrogen and oxygen atoms in total. The van der Waals surface area contributed by atoms with Gasteiger partial charge in [0.1, 0.15) is 0 Å². The normalized spacial score (nSPS) is 9.88. The number of rotatable bonds is 4. The van der Waals surface area contributed by atoms with Crippen molar-refractivity contribution in [1.82, 2.24) is 0 Å². The summed E-state index contributed by atoms with van der Waals surface area (Å²) >= 11 is 11.8. The van der Waals surface area contributed by atoms with Gasteiger partial charge in [0, 0.05) is 5.56 Å². The number of hydrogen-bond acceptors (Lipinski definition) is 4. The van der Waals surface area contributed by atoms with E-state index < -0.39 is 5.97 Å². The van der Waals surface area contributed by atoms with Crippen LogP contribution in [0.4, 0.5) is 0 Å². The fourth-order valence-electron chi connectivity index (χ4n) is 1.09. The standard InChI is InChI=1S/C11H10Cl2O4/c1-6(14)7-3-8(12)11(9(13)4-7)17-5-10(15)16-2/h3-4H,5H2,1-2H3. The summed E-state index contributed by atoms with van der Waals surface area (Å²) in [7, 11) is 1.24. The number of carbonyl (C=O) groups is 2. The molecule has 0 spiro atoms. The van der Waals surface area contributed by atoms with E-state index in [1.165, 1.54) is 26.2 Å². The first-order valence-electron chi connectivity index (χ1n) is 4.65. The maximum atomic E-state index is 11.1. The van der Waals surface area contributed by atoms with Crippen LogP contribution in [-0.2, 0) is 9.53 Å². The molecule has 1 rings (SSSR count). The molecule has 0 bridgehead atoms. The summed E-state index contributed by atoms with van der Waals surface area (Å²) in [4.78, 5) is 22.0. The lowest BCUT2D eigenvalue weighted by atomic mass is 10.1. The van der Waals surface area contributed by atoms with E-state index in [1.54, 1.807) is 0 Å². The lowest BCUT2D eigenvalue weighted by Crippen LogP contribution is -2.13. The molecule has 0 heterocycles. The van der Waals surface area contributed by atoms with Gasteiger partial charge < -0.3 is 9.47 Å². The van der Waals surface area contributed by atoms with Crippen LogP contribution < -0.4 is 4.74 Å². The summed E-state index contributed by atoms with van der Waals surface area (Å²) in [5, 5.41) is 0.346. The first-order valence-corrected chi connectivity index (χ1v) is 5.41.